The molecular formula is C22H25F4N3O4. The van der Waals surface area contributed by atoms with Gasteiger partial charge < -0.3 is 19.6 Å². The number of carboxylic acid groups (broad SMARTS) is 1. The number of benzene rings is 1. The summed E-state index contributed by atoms with van der Waals surface area (Å²) in [7, 11) is 0. The quantitative estimate of drug-likeness (QED) is 0.667. The molecule has 4 rings (SSSR count). The van der Waals surface area contributed by atoms with Crippen LogP contribution >= 0.6 is 0 Å². The molecule has 7 nitrogen and oxygen atoms in total. The predicted molar refractivity (Wildman–Crippen MR) is 109 cm³/mol. The molecule has 1 amide bonds. The molecule has 2 aliphatic heterocycles. The van der Waals surface area contributed by atoms with Gasteiger partial charge in [0.15, 0.2) is 5.67 Å². The lowest BCUT2D eigenvalue weighted by atomic mass is 9.79. The number of hydrogen-bond acceptors (Lipinski definition) is 5. The van der Waals surface area contributed by atoms with Crippen LogP contribution in [-0.4, -0.2) is 73.1 Å². The molecule has 11 heteroatoms. The topological polar surface area (TPSA) is 93.9 Å². The third-order valence-electron chi connectivity index (χ3n) is 6.04. The number of amides is 1. The van der Waals surface area contributed by atoms with Crippen molar-refractivity contribution in [2.24, 2.45) is 5.41 Å². The SMILES string of the molecule is N#Cc1cccc(N2CCOCC3(CCCN(C(=O)C4(F)CC4)C3)C2)c1.O=C(O)C(F)(F)F. The molecule has 1 spiro atoms. The molecule has 3 aliphatic rings. The number of rotatable bonds is 2. The van der Waals surface area contributed by atoms with Gasteiger partial charge >= 0.3 is 12.1 Å². The fourth-order valence-electron chi connectivity index (χ4n) is 4.22. The van der Waals surface area contributed by atoms with Crippen LogP contribution in [0.4, 0.5) is 23.2 Å². The van der Waals surface area contributed by atoms with E-state index in [1.165, 1.54) is 0 Å². The van der Waals surface area contributed by atoms with Gasteiger partial charge in [-0.25, -0.2) is 9.18 Å². The number of carbonyl (C=O) groups is 2. The monoisotopic (exact) mass is 471 g/mol. The standard InChI is InChI=1S/C20H24FN3O2.C2HF3O2/c21-20(6-7-20)18(25)24-8-2-5-19(14-24)13-23(9-10-26-15-19)17-4-1-3-16(11-17)12-22;3-2(4,5)1(6)7/h1,3-4,11H,2,5-10,13-15H2;(H,6,7). The highest BCUT2D eigenvalue weighted by atomic mass is 19.4. The zero-order chi connectivity index (χ0) is 24.3. The molecule has 2 heterocycles. The number of piperidine rings is 1. The summed E-state index contributed by atoms with van der Waals surface area (Å²) in [5.74, 6) is -3.09. The van der Waals surface area contributed by atoms with Crippen LogP contribution in [0, 0.1) is 16.7 Å². The van der Waals surface area contributed by atoms with E-state index in [9.17, 15) is 22.4 Å². The Hall–Kier alpha value is -2.87. The highest BCUT2D eigenvalue weighted by molar-refractivity contribution is 5.88. The number of alkyl halides is 4. The maximum Gasteiger partial charge on any atom is 0.490 e. The van der Waals surface area contributed by atoms with Gasteiger partial charge in [0.05, 0.1) is 24.8 Å². The Morgan fingerprint density at radius 2 is 1.85 bits per heavy atom. The average Bonchev–Trinajstić information content (AvgIpc) is 3.56. The summed E-state index contributed by atoms with van der Waals surface area (Å²) in [6.07, 6.45) is -2.53. The molecule has 1 aromatic carbocycles. The van der Waals surface area contributed by atoms with Gasteiger partial charge in [0, 0.05) is 37.3 Å². The van der Waals surface area contributed by atoms with Crippen LogP contribution in [0.1, 0.15) is 31.2 Å². The molecule has 0 radical (unpaired) electrons. The number of nitriles is 1. The van der Waals surface area contributed by atoms with E-state index in [1.54, 1.807) is 11.0 Å². The van der Waals surface area contributed by atoms with E-state index in [0.717, 1.165) is 31.6 Å². The van der Waals surface area contributed by atoms with Gasteiger partial charge in [-0.15, -0.1) is 0 Å². The van der Waals surface area contributed by atoms with Crippen LogP contribution in [0.3, 0.4) is 0 Å². The van der Waals surface area contributed by atoms with Gasteiger partial charge in [-0.1, -0.05) is 6.07 Å². The number of hydrogen-bond donors (Lipinski definition) is 1. The minimum atomic E-state index is -5.08. The Morgan fingerprint density at radius 3 is 2.45 bits per heavy atom. The number of likely N-dealkylation sites (tertiary alicyclic amines) is 1. The third-order valence-corrected chi connectivity index (χ3v) is 6.04. The van der Waals surface area contributed by atoms with Crippen LogP contribution in [0.25, 0.3) is 0 Å². The highest BCUT2D eigenvalue weighted by Crippen LogP contribution is 2.43. The van der Waals surface area contributed by atoms with Crippen LogP contribution < -0.4 is 4.90 Å². The molecule has 1 aromatic rings. The Kier molecular flexibility index (Phi) is 7.17. The molecule has 1 unspecified atom stereocenters. The predicted octanol–water partition coefficient (Wildman–Crippen LogP) is 3.14. The Labute approximate surface area is 188 Å². The lowest BCUT2D eigenvalue weighted by Gasteiger charge is -2.44. The summed E-state index contributed by atoms with van der Waals surface area (Å²) in [5.41, 5.74) is -0.153. The number of halogens is 4. The average molecular weight is 471 g/mol. The van der Waals surface area contributed by atoms with Crippen LogP contribution in [0.2, 0.25) is 0 Å². The van der Waals surface area contributed by atoms with E-state index in [4.69, 9.17) is 19.9 Å². The van der Waals surface area contributed by atoms with Gasteiger partial charge in [-0.3, -0.25) is 4.79 Å². The summed E-state index contributed by atoms with van der Waals surface area (Å²) in [4.78, 5) is 25.3. The van der Waals surface area contributed by atoms with E-state index in [1.807, 2.05) is 18.2 Å². The molecule has 1 N–H and O–H groups in total. The van der Waals surface area contributed by atoms with Crippen molar-refractivity contribution in [3.63, 3.8) is 0 Å². The van der Waals surface area contributed by atoms with Crippen molar-refractivity contribution in [1.82, 2.24) is 4.90 Å². The second-order valence-corrected chi connectivity index (χ2v) is 8.73. The summed E-state index contributed by atoms with van der Waals surface area (Å²) in [5, 5.41) is 16.3. The summed E-state index contributed by atoms with van der Waals surface area (Å²) in [6, 6.07) is 9.78. The van der Waals surface area contributed by atoms with E-state index in [0.29, 0.717) is 44.7 Å². The first kappa shape index (κ1) is 24.8. The van der Waals surface area contributed by atoms with Gasteiger partial charge in [0.25, 0.3) is 5.91 Å². The van der Waals surface area contributed by atoms with Crippen molar-refractivity contribution < 1.29 is 37.0 Å². The van der Waals surface area contributed by atoms with Gasteiger partial charge in [-0.05, 0) is 43.9 Å². The summed E-state index contributed by atoms with van der Waals surface area (Å²) < 4.78 is 51.9. The minimum absolute atomic E-state index is 0.182. The number of aliphatic carboxylic acids is 1. The molecule has 0 bridgehead atoms. The fraction of sp³-hybridized carbons (Fsp3) is 0.591. The second kappa shape index (κ2) is 9.55. The maximum absolute atomic E-state index is 14.3. The molecule has 1 aliphatic carbocycles. The number of carboxylic acids is 1. The number of carbonyl (C=O) groups excluding carboxylic acids is 1. The first-order valence-corrected chi connectivity index (χ1v) is 10.6. The number of ether oxygens (including phenoxy) is 1. The van der Waals surface area contributed by atoms with Crippen molar-refractivity contribution in [3.05, 3.63) is 29.8 Å². The maximum atomic E-state index is 14.3. The minimum Gasteiger partial charge on any atom is -0.475 e. The first-order chi connectivity index (χ1) is 15.5. The van der Waals surface area contributed by atoms with Gasteiger partial charge in [-0.2, -0.15) is 18.4 Å². The number of anilines is 1. The summed E-state index contributed by atoms with van der Waals surface area (Å²) >= 11 is 0. The van der Waals surface area contributed by atoms with Gasteiger partial charge in [0.1, 0.15) is 0 Å². The van der Waals surface area contributed by atoms with E-state index in [2.05, 4.69) is 11.0 Å². The third kappa shape index (κ3) is 6.13. The van der Waals surface area contributed by atoms with Crippen molar-refractivity contribution in [1.29, 1.82) is 5.26 Å². The lowest BCUT2D eigenvalue weighted by molar-refractivity contribution is -0.192. The van der Waals surface area contributed by atoms with Crippen molar-refractivity contribution in [2.45, 2.75) is 37.5 Å². The second-order valence-electron chi connectivity index (χ2n) is 8.73. The van der Waals surface area contributed by atoms with Crippen molar-refractivity contribution in [3.8, 4) is 6.07 Å². The van der Waals surface area contributed by atoms with Crippen molar-refractivity contribution in [2.75, 3.05) is 44.3 Å². The molecule has 180 valence electrons. The molecule has 33 heavy (non-hydrogen) atoms. The molecule has 0 aromatic heterocycles. The van der Waals surface area contributed by atoms with Crippen LogP contribution in [0.5, 0.6) is 0 Å². The molecular weight excluding hydrogens is 446 g/mol. The largest absolute Gasteiger partial charge is 0.490 e. The van der Waals surface area contributed by atoms with E-state index < -0.39 is 17.8 Å². The van der Waals surface area contributed by atoms with Crippen molar-refractivity contribution >= 4 is 17.6 Å². The van der Waals surface area contributed by atoms with Crippen LogP contribution in [-0.2, 0) is 14.3 Å². The fourth-order valence-corrected chi connectivity index (χ4v) is 4.22. The zero-order valence-corrected chi connectivity index (χ0v) is 17.9. The Bertz CT molecular complexity index is 929. The van der Waals surface area contributed by atoms with E-state index >= 15 is 0 Å². The van der Waals surface area contributed by atoms with E-state index in [-0.39, 0.29) is 11.3 Å². The summed E-state index contributed by atoms with van der Waals surface area (Å²) in [6.45, 7) is 3.88. The first-order valence-electron chi connectivity index (χ1n) is 10.6. The smallest absolute Gasteiger partial charge is 0.475 e. The molecule has 1 saturated carbocycles. The molecule has 3 fully saturated rings. The molecule has 1 atom stereocenters. The lowest BCUT2D eigenvalue weighted by Crippen LogP contribution is -2.54. The number of nitrogens with zero attached hydrogens (tertiary/aromatic N) is 3. The molecule has 2 saturated heterocycles. The zero-order valence-electron chi connectivity index (χ0n) is 17.9. The Balaban J connectivity index is 0.000000383. The van der Waals surface area contributed by atoms with Gasteiger partial charge in [0.2, 0.25) is 0 Å². The Morgan fingerprint density at radius 1 is 1.15 bits per heavy atom. The highest BCUT2D eigenvalue weighted by Gasteiger charge is 2.54. The van der Waals surface area contributed by atoms with Crippen LogP contribution in [0.15, 0.2) is 24.3 Å². The normalized spacial score (nSPS) is 24.2.